The minimum atomic E-state index is 0.482. The monoisotopic (exact) mass is 261 g/mol. The highest BCUT2D eigenvalue weighted by Gasteiger charge is 2.17. The van der Waals surface area contributed by atoms with Gasteiger partial charge in [0.1, 0.15) is 0 Å². The first-order valence-corrected chi connectivity index (χ1v) is 6.90. The number of alkyl halides is 1. The molecule has 2 aromatic heterocycles. The Morgan fingerprint density at radius 2 is 2.11 bits per heavy atom. The molecule has 0 amide bonds. The molecule has 4 heteroatoms. The molecule has 3 rings (SSSR count). The highest BCUT2D eigenvalue weighted by atomic mass is 35.5. The van der Waals surface area contributed by atoms with Crippen LogP contribution in [0.4, 0.5) is 0 Å². The SMILES string of the molecule is Cc1cc(-n2cnc3c2CCCC3)c(CCl)cn1. The van der Waals surface area contributed by atoms with Gasteiger partial charge in [-0.25, -0.2) is 4.98 Å². The van der Waals surface area contributed by atoms with E-state index in [-0.39, 0.29) is 0 Å². The molecule has 0 unspecified atom stereocenters. The molecule has 2 aromatic rings. The molecule has 2 heterocycles. The summed E-state index contributed by atoms with van der Waals surface area (Å²) in [6.07, 6.45) is 8.51. The quantitative estimate of drug-likeness (QED) is 0.778. The third-order valence-electron chi connectivity index (χ3n) is 3.53. The van der Waals surface area contributed by atoms with Gasteiger partial charge in [-0.2, -0.15) is 0 Å². The first-order valence-electron chi connectivity index (χ1n) is 6.36. The van der Waals surface area contributed by atoms with Gasteiger partial charge >= 0.3 is 0 Å². The summed E-state index contributed by atoms with van der Waals surface area (Å²) in [5.74, 6) is 0.482. The summed E-state index contributed by atoms with van der Waals surface area (Å²) in [7, 11) is 0. The van der Waals surface area contributed by atoms with Crippen molar-refractivity contribution in [3.8, 4) is 5.69 Å². The van der Waals surface area contributed by atoms with Crippen LogP contribution in [0.1, 0.15) is 35.5 Å². The maximum Gasteiger partial charge on any atom is 0.0997 e. The fourth-order valence-electron chi connectivity index (χ4n) is 2.58. The van der Waals surface area contributed by atoms with Gasteiger partial charge in [-0.3, -0.25) is 4.98 Å². The molecule has 94 valence electrons. The zero-order chi connectivity index (χ0) is 12.5. The lowest BCUT2D eigenvalue weighted by Gasteiger charge is -2.16. The largest absolute Gasteiger partial charge is 0.303 e. The number of hydrogen-bond acceptors (Lipinski definition) is 2. The lowest BCUT2D eigenvalue weighted by Crippen LogP contribution is -2.08. The van der Waals surface area contributed by atoms with E-state index >= 15 is 0 Å². The predicted molar refractivity (Wildman–Crippen MR) is 72.3 cm³/mol. The molecule has 0 saturated heterocycles. The molecular weight excluding hydrogens is 246 g/mol. The van der Waals surface area contributed by atoms with Gasteiger partial charge in [0.25, 0.3) is 0 Å². The molecule has 0 spiro atoms. The molecule has 1 aliphatic carbocycles. The number of aromatic nitrogens is 3. The van der Waals surface area contributed by atoms with E-state index in [1.54, 1.807) is 0 Å². The number of aryl methyl sites for hydroxylation is 2. The van der Waals surface area contributed by atoms with E-state index in [0.29, 0.717) is 5.88 Å². The summed E-state index contributed by atoms with van der Waals surface area (Å²) < 4.78 is 2.20. The third-order valence-corrected chi connectivity index (χ3v) is 3.82. The van der Waals surface area contributed by atoms with E-state index in [1.165, 1.54) is 24.2 Å². The van der Waals surface area contributed by atoms with Crippen molar-refractivity contribution in [3.63, 3.8) is 0 Å². The zero-order valence-electron chi connectivity index (χ0n) is 10.5. The highest BCUT2D eigenvalue weighted by molar-refractivity contribution is 6.17. The summed E-state index contributed by atoms with van der Waals surface area (Å²) in [4.78, 5) is 8.85. The van der Waals surface area contributed by atoms with E-state index in [0.717, 1.165) is 29.8 Å². The highest BCUT2D eigenvalue weighted by Crippen LogP contribution is 2.25. The van der Waals surface area contributed by atoms with Gasteiger partial charge in [0, 0.05) is 23.1 Å². The Morgan fingerprint density at radius 3 is 2.94 bits per heavy atom. The van der Waals surface area contributed by atoms with E-state index in [4.69, 9.17) is 11.6 Å². The number of hydrogen-bond donors (Lipinski definition) is 0. The average Bonchev–Trinajstić information content (AvgIpc) is 2.82. The Hall–Kier alpha value is -1.35. The van der Waals surface area contributed by atoms with Gasteiger partial charge in [0.05, 0.1) is 23.6 Å². The first kappa shape index (κ1) is 11.7. The summed E-state index contributed by atoms with van der Waals surface area (Å²) in [6, 6.07) is 2.09. The Balaban J connectivity index is 2.14. The van der Waals surface area contributed by atoms with Gasteiger partial charge in [0.2, 0.25) is 0 Å². The minimum Gasteiger partial charge on any atom is -0.303 e. The van der Waals surface area contributed by atoms with Gasteiger partial charge in [-0.05, 0) is 38.7 Å². The standard InChI is InChI=1S/C14H16ClN3/c1-10-6-14(11(7-15)8-16-10)18-9-17-12-4-2-3-5-13(12)18/h6,8-9H,2-5,7H2,1H3. The molecule has 0 bridgehead atoms. The predicted octanol–water partition coefficient (Wildman–Crippen LogP) is 3.19. The molecule has 0 fully saturated rings. The van der Waals surface area contributed by atoms with Crippen LogP contribution >= 0.6 is 11.6 Å². The summed E-state index contributed by atoms with van der Waals surface area (Å²) in [6.45, 7) is 2.00. The van der Waals surface area contributed by atoms with Gasteiger partial charge < -0.3 is 4.57 Å². The topological polar surface area (TPSA) is 30.7 Å². The van der Waals surface area contributed by atoms with Gasteiger partial charge in [-0.15, -0.1) is 11.6 Å². The summed E-state index contributed by atoms with van der Waals surface area (Å²) >= 11 is 6.01. The van der Waals surface area contributed by atoms with Crippen molar-refractivity contribution >= 4 is 11.6 Å². The maximum atomic E-state index is 6.01. The van der Waals surface area contributed by atoms with Crippen LogP contribution in [0.3, 0.4) is 0 Å². The summed E-state index contributed by atoms with van der Waals surface area (Å²) in [5.41, 5.74) is 5.80. The van der Waals surface area contributed by atoms with Crippen LogP contribution < -0.4 is 0 Å². The van der Waals surface area contributed by atoms with E-state index in [1.807, 2.05) is 19.4 Å². The van der Waals surface area contributed by atoms with Crippen LogP contribution in [0.5, 0.6) is 0 Å². The normalized spacial score (nSPS) is 14.6. The van der Waals surface area contributed by atoms with E-state index < -0.39 is 0 Å². The van der Waals surface area contributed by atoms with Crippen LogP contribution in [0.25, 0.3) is 5.69 Å². The number of nitrogens with zero attached hydrogens (tertiary/aromatic N) is 3. The zero-order valence-corrected chi connectivity index (χ0v) is 11.2. The molecule has 0 saturated carbocycles. The Morgan fingerprint density at radius 1 is 1.28 bits per heavy atom. The fourth-order valence-corrected chi connectivity index (χ4v) is 2.78. The number of rotatable bonds is 2. The molecule has 0 aliphatic heterocycles. The number of pyridine rings is 1. The molecule has 3 nitrogen and oxygen atoms in total. The van der Waals surface area contributed by atoms with Crippen molar-refractivity contribution in [2.75, 3.05) is 0 Å². The number of fused-ring (bicyclic) bond motifs is 1. The van der Waals surface area contributed by atoms with Gasteiger partial charge in [-0.1, -0.05) is 0 Å². The van der Waals surface area contributed by atoms with Crippen LogP contribution in [-0.4, -0.2) is 14.5 Å². The molecular formula is C14H16ClN3. The van der Waals surface area contributed by atoms with Crippen molar-refractivity contribution in [2.24, 2.45) is 0 Å². The second-order valence-electron chi connectivity index (χ2n) is 4.80. The fraction of sp³-hybridized carbons (Fsp3) is 0.429. The van der Waals surface area contributed by atoms with E-state index in [2.05, 4.69) is 20.6 Å². The summed E-state index contributed by atoms with van der Waals surface area (Å²) in [5, 5.41) is 0. The molecule has 0 aromatic carbocycles. The molecule has 0 radical (unpaired) electrons. The second-order valence-corrected chi connectivity index (χ2v) is 5.07. The van der Waals surface area contributed by atoms with Crippen LogP contribution in [0.15, 0.2) is 18.6 Å². The Kier molecular flexibility index (Phi) is 3.08. The lowest BCUT2D eigenvalue weighted by molar-refractivity contribution is 0.655. The molecule has 18 heavy (non-hydrogen) atoms. The van der Waals surface area contributed by atoms with Crippen molar-refractivity contribution in [2.45, 2.75) is 38.5 Å². The van der Waals surface area contributed by atoms with Crippen molar-refractivity contribution in [3.05, 3.63) is 41.2 Å². The van der Waals surface area contributed by atoms with Crippen LogP contribution in [0, 0.1) is 6.92 Å². The van der Waals surface area contributed by atoms with Crippen LogP contribution in [-0.2, 0) is 18.7 Å². The first-order chi connectivity index (χ1) is 8.79. The Bertz CT molecular complexity index is 574. The van der Waals surface area contributed by atoms with Crippen molar-refractivity contribution in [1.29, 1.82) is 0 Å². The van der Waals surface area contributed by atoms with Gasteiger partial charge in [0.15, 0.2) is 0 Å². The number of imidazole rings is 1. The second kappa shape index (κ2) is 4.73. The lowest BCUT2D eigenvalue weighted by atomic mass is 10.0. The van der Waals surface area contributed by atoms with Crippen molar-refractivity contribution < 1.29 is 0 Å². The maximum absolute atomic E-state index is 6.01. The average molecular weight is 262 g/mol. The molecule has 1 aliphatic rings. The van der Waals surface area contributed by atoms with E-state index in [9.17, 15) is 0 Å². The third kappa shape index (κ3) is 1.93. The number of halogens is 1. The Labute approximate surface area is 112 Å². The smallest absolute Gasteiger partial charge is 0.0997 e. The minimum absolute atomic E-state index is 0.482. The molecule has 0 atom stereocenters. The molecule has 0 N–H and O–H groups in total. The van der Waals surface area contributed by atoms with Crippen LogP contribution in [0.2, 0.25) is 0 Å². The van der Waals surface area contributed by atoms with Crippen molar-refractivity contribution in [1.82, 2.24) is 14.5 Å².